The zero-order valence-electron chi connectivity index (χ0n) is 7.70. The Hall–Kier alpha value is -0.900. The van der Waals surface area contributed by atoms with E-state index in [0.29, 0.717) is 11.9 Å². The van der Waals surface area contributed by atoms with E-state index in [-0.39, 0.29) is 0 Å². The quantitative estimate of drug-likeness (QED) is 0.592. The highest BCUT2D eigenvalue weighted by atomic mass is 16.1. The predicted octanol–water partition coefficient (Wildman–Crippen LogP) is -0.349. The Morgan fingerprint density at radius 3 is 2.92 bits per heavy atom. The standard InChI is InChI=1S/C9H15N3O/c13-7-9-11-5-6-12(9)8-1-3-10-4-2-8/h7-8,10H,1-6H2. The molecule has 1 saturated heterocycles. The van der Waals surface area contributed by atoms with Gasteiger partial charge in [-0.3, -0.25) is 9.79 Å². The molecule has 2 heterocycles. The molecule has 0 bridgehead atoms. The van der Waals surface area contributed by atoms with Crippen LogP contribution in [-0.2, 0) is 4.79 Å². The van der Waals surface area contributed by atoms with E-state index in [1.54, 1.807) is 0 Å². The van der Waals surface area contributed by atoms with Gasteiger partial charge >= 0.3 is 0 Å². The van der Waals surface area contributed by atoms with Crippen molar-refractivity contribution in [1.29, 1.82) is 0 Å². The van der Waals surface area contributed by atoms with Crippen molar-refractivity contribution in [2.24, 2.45) is 4.99 Å². The highest BCUT2D eigenvalue weighted by molar-refractivity contribution is 6.27. The van der Waals surface area contributed by atoms with Gasteiger partial charge in [0.2, 0.25) is 0 Å². The number of hydrogen-bond acceptors (Lipinski definition) is 4. The van der Waals surface area contributed by atoms with Crippen LogP contribution >= 0.6 is 0 Å². The fourth-order valence-electron chi connectivity index (χ4n) is 2.07. The van der Waals surface area contributed by atoms with Crippen molar-refractivity contribution >= 4 is 12.1 Å². The average molecular weight is 181 g/mol. The van der Waals surface area contributed by atoms with Gasteiger partial charge in [0.05, 0.1) is 6.54 Å². The molecule has 2 aliphatic heterocycles. The summed E-state index contributed by atoms with van der Waals surface area (Å²) in [4.78, 5) is 17.0. The van der Waals surface area contributed by atoms with Gasteiger partial charge in [-0.25, -0.2) is 0 Å². The molecule has 0 aliphatic carbocycles. The lowest BCUT2D eigenvalue weighted by Crippen LogP contribution is -2.45. The third-order valence-corrected chi connectivity index (χ3v) is 2.76. The number of carbonyl (C=O) groups is 1. The summed E-state index contributed by atoms with van der Waals surface area (Å²) in [6.45, 7) is 3.84. The zero-order chi connectivity index (χ0) is 9.10. The van der Waals surface area contributed by atoms with Gasteiger partial charge in [-0.1, -0.05) is 0 Å². The van der Waals surface area contributed by atoms with Crippen LogP contribution in [0.2, 0.25) is 0 Å². The number of hydrogen-bond donors (Lipinski definition) is 1. The molecule has 0 unspecified atom stereocenters. The Kier molecular flexibility index (Phi) is 2.59. The number of carbonyl (C=O) groups excluding carboxylic acids is 1. The van der Waals surface area contributed by atoms with Crippen LogP contribution in [0.4, 0.5) is 0 Å². The van der Waals surface area contributed by atoms with Gasteiger partial charge in [-0.15, -0.1) is 0 Å². The molecule has 0 aromatic rings. The summed E-state index contributed by atoms with van der Waals surface area (Å²) in [5, 5.41) is 3.32. The molecule has 0 radical (unpaired) electrons. The lowest BCUT2D eigenvalue weighted by atomic mass is 10.1. The molecule has 0 amide bonds. The van der Waals surface area contributed by atoms with E-state index in [1.807, 2.05) is 0 Å². The van der Waals surface area contributed by atoms with E-state index < -0.39 is 0 Å². The lowest BCUT2D eigenvalue weighted by Gasteiger charge is -2.32. The van der Waals surface area contributed by atoms with Crippen LogP contribution in [0.5, 0.6) is 0 Å². The predicted molar refractivity (Wildman–Crippen MR) is 51.0 cm³/mol. The molecule has 2 aliphatic rings. The SMILES string of the molecule is O=CC1=NCCN1C1CCNCC1. The van der Waals surface area contributed by atoms with Gasteiger partial charge < -0.3 is 10.2 Å². The second-order valence-electron chi connectivity index (χ2n) is 3.53. The summed E-state index contributed by atoms with van der Waals surface area (Å²) in [6, 6.07) is 0.535. The molecule has 0 spiro atoms. The van der Waals surface area contributed by atoms with E-state index in [9.17, 15) is 4.79 Å². The van der Waals surface area contributed by atoms with Crippen molar-refractivity contribution in [1.82, 2.24) is 10.2 Å². The van der Waals surface area contributed by atoms with Crippen LogP contribution in [0.3, 0.4) is 0 Å². The summed E-state index contributed by atoms with van der Waals surface area (Å²) in [7, 11) is 0. The Balaban J connectivity index is 1.99. The minimum absolute atomic E-state index is 0.535. The number of rotatable bonds is 2. The summed E-state index contributed by atoms with van der Waals surface area (Å²) >= 11 is 0. The van der Waals surface area contributed by atoms with Crippen LogP contribution in [0.25, 0.3) is 0 Å². The second kappa shape index (κ2) is 3.87. The second-order valence-corrected chi connectivity index (χ2v) is 3.53. The molecule has 13 heavy (non-hydrogen) atoms. The van der Waals surface area contributed by atoms with Crippen LogP contribution in [-0.4, -0.2) is 49.2 Å². The maximum Gasteiger partial charge on any atom is 0.184 e. The molecule has 0 saturated carbocycles. The van der Waals surface area contributed by atoms with Crippen molar-refractivity contribution in [3.05, 3.63) is 0 Å². The minimum Gasteiger partial charge on any atom is -0.349 e. The first-order valence-corrected chi connectivity index (χ1v) is 4.89. The van der Waals surface area contributed by atoms with Crippen LogP contribution in [0.15, 0.2) is 4.99 Å². The number of nitrogens with one attached hydrogen (secondary N) is 1. The van der Waals surface area contributed by atoms with Gasteiger partial charge in [-0.05, 0) is 25.9 Å². The average Bonchev–Trinajstić information content (AvgIpc) is 2.67. The molecule has 4 nitrogen and oxygen atoms in total. The number of amidine groups is 1. The first-order valence-electron chi connectivity index (χ1n) is 4.89. The summed E-state index contributed by atoms with van der Waals surface area (Å²) in [6.07, 6.45) is 3.15. The highest BCUT2D eigenvalue weighted by Crippen LogP contribution is 2.14. The maximum absolute atomic E-state index is 10.7. The van der Waals surface area contributed by atoms with Crippen LogP contribution in [0, 0.1) is 0 Å². The Morgan fingerprint density at radius 2 is 2.23 bits per heavy atom. The van der Waals surface area contributed by atoms with Gasteiger partial charge in [-0.2, -0.15) is 0 Å². The number of nitrogens with zero attached hydrogens (tertiary/aromatic N) is 2. The van der Waals surface area contributed by atoms with E-state index in [0.717, 1.165) is 45.3 Å². The largest absolute Gasteiger partial charge is 0.349 e. The zero-order valence-corrected chi connectivity index (χ0v) is 7.70. The Labute approximate surface area is 78.0 Å². The summed E-state index contributed by atoms with van der Waals surface area (Å²) in [5.74, 6) is 0.659. The summed E-state index contributed by atoms with van der Waals surface area (Å²) in [5.41, 5.74) is 0. The van der Waals surface area contributed by atoms with E-state index >= 15 is 0 Å². The highest BCUT2D eigenvalue weighted by Gasteiger charge is 2.25. The molecule has 1 N–H and O–H groups in total. The van der Waals surface area contributed by atoms with Gasteiger partial charge in [0, 0.05) is 12.6 Å². The normalized spacial score (nSPS) is 24.6. The van der Waals surface area contributed by atoms with Gasteiger partial charge in [0.1, 0.15) is 0 Å². The third-order valence-electron chi connectivity index (χ3n) is 2.76. The number of piperidine rings is 1. The Bertz CT molecular complexity index is 221. The molecular formula is C9H15N3O. The van der Waals surface area contributed by atoms with E-state index in [2.05, 4.69) is 15.2 Å². The fourth-order valence-corrected chi connectivity index (χ4v) is 2.07. The molecular weight excluding hydrogens is 166 g/mol. The molecule has 72 valence electrons. The number of aldehydes is 1. The molecule has 0 aromatic heterocycles. The summed E-state index contributed by atoms with van der Waals surface area (Å²) < 4.78 is 0. The van der Waals surface area contributed by atoms with Crippen LogP contribution in [0.1, 0.15) is 12.8 Å². The molecule has 1 fully saturated rings. The molecule has 4 heteroatoms. The molecule has 2 rings (SSSR count). The van der Waals surface area contributed by atoms with E-state index in [4.69, 9.17) is 0 Å². The first kappa shape index (κ1) is 8.69. The topological polar surface area (TPSA) is 44.7 Å². The van der Waals surface area contributed by atoms with Gasteiger partial charge in [0.15, 0.2) is 12.1 Å². The number of aliphatic imine (C=N–C) groups is 1. The van der Waals surface area contributed by atoms with Crippen molar-refractivity contribution in [3.63, 3.8) is 0 Å². The van der Waals surface area contributed by atoms with Crippen molar-refractivity contribution in [3.8, 4) is 0 Å². The van der Waals surface area contributed by atoms with Crippen LogP contribution < -0.4 is 5.32 Å². The minimum atomic E-state index is 0.535. The van der Waals surface area contributed by atoms with Crippen molar-refractivity contribution in [2.45, 2.75) is 18.9 Å². The third kappa shape index (κ3) is 1.72. The lowest BCUT2D eigenvalue weighted by molar-refractivity contribution is -0.103. The Morgan fingerprint density at radius 1 is 1.46 bits per heavy atom. The monoisotopic (exact) mass is 181 g/mol. The fraction of sp³-hybridized carbons (Fsp3) is 0.778. The van der Waals surface area contributed by atoms with E-state index in [1.165, 1.54) is 0 Å². The molecule has 0 aromatic carbocycles. The van der Waals surface area contributed by atoms with Gasteiger partial charge in [0.25, 0.3) is 0 Å². The van der Waals surface area contributed by atoms with Crippen molar-refractivity contribution < 1.29 is 4.79 Å². The maximum atomic E-state index is 10.7. The smallest absolute Gasteiger partial charge is 0.184 e. The first-order chi connectivity index (χ1) is 6.42. The molecule has 0 atom stereocenters. The van der Waals surface area contributed by atoms with Crippen molar-refractivity contribution in [2.75, 3.05) is 26.2 Å².